The normalized spacial score (nSPS) is 10.3. The first-order valence-corrected chi connectivity index (χ1v) is 5.95. The molecular formula is C16H11NO2. The Kier molecular flexibility index (Phi) is 2.91. The van der Waals surface area contributed by atoms with E-state index in [0.717, 1.165) is 22.5 Å². The van der Waals surface area contributed by atoms with Crippen molar-refractivity contribution in [2.75, 3.05) is 0 Å². The van der Waals surface area contributed by atoms with Crippen molar-refractivity contribution in [3.8, 4) is 11.8 Å². The summed E-state index contributed by atoms with van der Waals surface area (Å²) in [6.07, 6.45) is 0. The Morgan fingerprint density at radius 3 is 2.68 bits per heavy atom. The van der Waals surface area contributed by atoms with Gasteiger partial charge in [-0.3, -0.25) is 0 Å². The third kappa shape index (κ3) is 2.43. The van der Waals surface area contributed by atoms with Gasteiger partial charge in [0.25, 0.3) is 0 Å². The Balaban J connectivity index is 1.80. The zero-order chi connectivity index (χ0) is 13.1. The summed E-state index contributed by atoms with van der Waals surface area (Å²) in [5.74, 6) is 1.55. The van der Waals surface area contributed by atoms with Crippen LogP contribution in [0.5, 0.6) is 5.75 Å². The predicted octanol–water partition coefficient (Wildman–Crippen LogP) is 3.88. The van der Waals surface area contributed by atoms with Crippen LogP contribution in [0.1, 0.15) is 11.3 Å². The van der Waals surface area contributed by atoms with E-state index in [4.69, 9.17) is 14.4 Å². The molecule has 0 aliphatic carbocycles. The largest absolute Gasteiger partial charge is 0.486 e. The molecule has 3 aromatic rings. The third-order valence-corrected chi connectivity index (χ3v) is 2.82. The summed E-state index contributed by atoms with van der Waals surface area (Å²) in [5.41, 5.74) is 1.40. The van der Waals surface area contributed by atoms with E-state index in [2.05, 4.69) is 6.07 Å². The Morgan fingerprint density at radius 1 is 1.05 bits per heavy atom. The van der Waals surface area contributed by atoms with Crippen molar-refractivity contribution in [1.29, 1.82) is 5.26 Å². The molecule has 0 radical (unpaired) electrons. The lowest BCUT2D eigenvalue weighted by Crippen LogP contribution is -1.92. The minimum absolute atomic E-state index is 0.376. The lowest BCUT2D eigenvalue weighted by molar-refractivity contribution is 0.274. The maximum absolute atomic E-state index is 8.85. The molecule has 1 aromatic heterocycles. The minimum Gasteiger partial charge on any atom is -0.486 e. The van der Waals surface area contributed by atoms with Gasteiger partial charge in [0.2, 0.25) is 0 Å². The molecule has 2 aromatic carbocycles. The molecule has 19 heavy (non-hydrogen) atoms. The van der Waals surface area contributed by atoms with Gasteiger partial charge >= 0.3 is 0 Å². The molecule has 0 atom stereocenters. The first-order valence-electron chi connectivity index (χ1n) is 5.95. The Bertz CT molecular complexity index is 738. The summed E-state index contributed by atoms with van der Waals surface area (Å²) in [7, 11) is 0. The van der Waals surface area contributed by atoms with E-state index in [1.807, 2.05) is 42.5 Å². The van der Waals surface area contributed by atoms with E-state index in [1.165, 1.54) is 0 Å². The van der Waals surface area contributed by atoms with Gasteiger partial charge in [-0.05, 0) is 36.4 Å². The molecule has 0 fully saturated rings. The van der Waals surface area contributed by atoms with Crippen LogP contribution in [0, 0.1) is 11.3 Å². The molecule has 1 heterocycles. The van der Waals surface area contributed by atoms with Gasteiger partial charge in [0, 0.05) is 5.39 Å². The van der Waals surface area contributed by atoms with Gasteiger partial charge < -0.3 is 9.15 Å². The van der Waals surface area contributed by atoms with Crippen LogP contribution in [0.3, 0.4) is 0 Å². The van der Waals surface area contributed by atoms with Gasteiger partial charge in [0.15, 0.2) is 0 Å². The second-order valence-electron chi connectivity index (χ2n) is 4.18. The van der Waals surface area contributed by atoms with Crippen molar-refractivity contribution in [3.63, 3.8) is 0 Å². The summed E-state index contributed by atoms with van der Waals surface area (Å²) in [6, 6.07) is 19.0. The number of furan rings is 1. The highest BCUT2D eigenvalue weighted by atomic mass is 16.5. The van der Waals surface area contributed by atoms with Crippen LogP contribution >= 0.6 is 0 Å². The lowest BCUT2D eigenvalue weighted by atomic mass is 10.2. The number of nitrogens with zero attached hydrogens (tertiary/aromatic N) is 1. The average molecular weight is 249 g/mol. The van der Waals surface area contributed by atoms with Gasteiger partial charge in [0.1, 0.15) is 23.7 Å². The third-order valence-electron chi connectivity index (χ3n) is 2.82. The number of fused-ring (bicyclic) bond motifs is 1. The molecule has 0 bridgehead atoms. The van der Waals surface area contributed by atoms with Crippen molar-refractivity contribution in [2.45, 2.75) is 6.61 Å². The number of benzene rings is 2. The summed E-state index contributed by atoms with van der Waals surface area (Å²) in [5, 5.41) is 9.77. The van der Waals surface area contributed by atoms with E-state index in [9.17, 15) is 0 Å². The van der Waals surface area contributed by atoms with E-state index in [0.29, 0.717) is 12.2 Å². The van der Waals surface area contributed by atoms with Crippen LogP contribution in [-0.4, -0.2) is 0 Å². The van der Waals surface area contributed by atoms with E-state index >= 15 is 0 Å². The van der Waals surface area contributed by atoms with Gasteiger partial charge in [-0.15, -0.1) is 0 Å². The van der Waals surface area contributed by atoms with Crippen LogP contribution < -0.4 is 4.74 Å². The van der Waals surface area contributed by atoms with E-state index < -0.39 is 0 Å². The molecule has 0 aliphatic rings. The summed E-state index contributed by atoms with van der Waals surface area (Å²) in [6.45, 7) is 0.376. The molecule has 0 saturated carbocycles. The minimum atomic E-state index is 0.376. The summed E-state index contributed by atoms with van der Waals surface area (Å²) in [4.78, 5) is 0. The van der Waals surface area contributed by atoms with Crippen molar-refractivity contribution in [1.82, 2.24) is 0 Å². The smallest absolute Gasteiger partial charge is 0.146 e. The molecule has 3 heteroatoms. The summed E-state index contributed by atoms with van der Waals surface area (Å²) >= 11 is 0. The van der Waals surface area contributed by atoms with Crippen LogP contribution in [0.4, 0.5) is 0 Å². The highest BCUT2D eigenvalue weighted by molar-refractivity contribution is 5.79. The molecule has 3 rings (SSSR count). The average Bonchev–Trinajstić information content (AvgIpc) is 2.88. The van der Waals surface area contributed by atoms with Crippen molar-refractivity contribution in [2.24, 2.45) is 0 Å². The number of hydrogen-bond acceptors (Lipinski definition) is 3. The maximum atomic E-state index is 8.85. The number of ether oxygens (including phenoxy) is 1. The van der Waals surface area contributed by atoms with E-state index in [-0.39, 0.29) is 0 Å². The molecule has 0 N–H and O–H groups in total. The van der Waals surface area contributed by atoms with E-state index in [1.54, 1.807) is 12.1 Å². The topological polar surface area (TPSA) is 46.2 Å². The standard InChI is InChI=1S/C16H11NO2/c17-10-12-6-7-16-13(8-12)9-15(19-16)11-18-14-4-2-1-3-5-14/h1-9H,11H2. The fraction of sp³-hybridized carbons (Fsp3) is 0.0625. The van der Waals surface area contributed by atoms with Gasteiger partial charge in [-0.25, -0.2) is 0 Å². The zero-order valence-electron chi connectivity index (χ0n) is 10.2. The monoisotopic (exact) mass is 249 g/mol. The molecule has 0 spiro atoms. The van der Waals surface area contributed by atoms with Crippen LogP contribution in [0.2, 0.25) is 0 Å². The van der Waals surface area contributed by atoms with Gasteiger partial charge in [-0.2, -0.15) is 5.26 Å². The molecular weight excluding hydrogens is 238 g/mol. The first kappa shape index (κ1) is 11.4. The number of nitriles is 1. The SMILES string of the molecule is N#Cc1ccc2oc(COc3ccccc3)cc2c1. The van der Waals surface area contributed by atoms with Crippen molar-refractivity contribution in [3.05, 3.63) is 65.9 Å². The Labute approximate surface area is 110 Å². The van der Waals surface area contributed by atoms with Crippen LogP contribution in [-0.2, 0) is 6.61 Å². The lowest BCUT2D eigenvalue weighted by Gasteiger charge is -2.02. The fourth-order valence-corrected chi connectivity index (χ4v) is 1.91. The highest BCUT2D eigenvalue weighted by Gasteiger charge is 2.05. The zero-order valence-corrected chi connectivity index (χ0v) is 10.2. The number of hydrogen-bond donors (Lipinski definition) is 0. The Hall–Kier alpha value is -2.73. The van der Waals surface area contributed by atoms with Crippen molar-refractivity contribution >= 4 is 11.0 Å². The van der Waals surface area contributed by atoms with Gasteiger partial charge in [-0.1, -0.05) is 18.2 Å². The molecule has 0 saturated heterocycles. The molecule has 0 amide bonds. The van der Waals surface area contributed by atoms with Crippen LogP contribution in [0.25, 0.3) is 11.0 Å². The molecule has 0 unspecified atom stereocenters. The first-order chi connectivity index (χ1) is 9.35. The molecule has 3 nitrogen and oxygen atoms in total. The van der Waals surface area contributed by atoms with Gasteiger partial charge in [0.05, 0.1) is 11.6 Å². The highest BCUT2D eigenvalue weighted by Crippen LogP contribution is 2.22. The van der Waals surface area contributed by atoms with Crippen molar-refractivity contribution < 1.29 is 9.15 Å². The molecule has 0 aliphatic heterocycles. The predicted molar refractivity (Wildman–Crippen MR) is 71.7 cm³/mol. The summed E-state index contributed by atoms with van der Waals surface area (Å²) < 4.78 is 11.3. The Morgan fingerprint density at radius 2 is 1.89 bits per heavy atom. The second-order valence-corrected chi connectivity index (χ2v) is 4.18. The quantitative estimate of drug-likeness (QED) is 0.707. The van der Waals surface area contributed by atoms with Crippen LogP contribution in [0.15, 0.2) is 59.0 Å². The maximum Gasteiger partial charge on any atom is 0.146 e. The molecule has 92 valence electrons. The number of rotatable bonds is 3. The second kappa shape index (κ2) is 4.87. The number of para-hydroxylation sites is 1. The fourth-order valence-electron chi connectivity index (χ4n) is 1.91.